The van der Waals surface area contributed by atoms with E-state index in [1.807, 2.05) is 26.2 Å². The second kappa shape index (κ2) is 5.14. The van der Waals surface area contributed by atoms with Crippen molar-refractivity contribution in [3.05, 3.63) is 29.8 Å². The van der Waals surface area contributed by atoms with Crippen molar-refractivity contribution in [1.29, 1.82) is 0 Å². The minimum atomic E-state index is -0.853. The lowest BCUT2D eigenvalue weighted by atomic mass is 9.61. The van der Waals surface area contributed by atoms with Gasteiger partial charge in [-0.15, -0.1) is 0 Å². The van der Waals surface area contributed by atoms with Crippen LogP contribution in [0.5, 0.6) is 5.75 Å². The Labute approximate surface area is 115 Å². The van der Waals surface area contributed by atoms with Gasteiger partial charge in [0, 0.05) is 12.0 Å². The van der Waals surface area contributed by atoms with E-state index in [1.54, 1.807) is 12.1 Å². The molecule has 0 unspecified atom stereocenters. The maximum atomic E-state index is 11.3. The van der Waals surface area contributed by atoms with Crippen molar-refractivity contribution in [1.82, 2.24) is 4.90 Å². The van der Waals surface area contributed by atoms with Gasteiger partial charge in [-0.1, -0.05) is 31.9 Å². The van der Waals surface area contributed by atoms with Crippen LogP contribution in [0, 0.1) is 5.41 Å². The van der Waals surface area contributed by atoms with Crippen LogP contribution in [0.2, 0.25) is 0 Å². The molecule has 1 aromatic rings. The van der Waals surface area contributed by atoms with E-state index in [9.17, 15) is 10.2 Å². The highest BCUT2D eigenvalue weighted by Gasteiger charge is 2.49. The van der Waals surface area contributed by atoms with Crippen LogP contribution >= 0.6 is 0 Å². The standard InChI is InChI=1S/C16H25NO2/c1-15(12-17(2)3)9-4-5-10-16(15,19)13-7-6-8-14(18)11-13/h6-8,11,18-19H,4-5,9-10,12H2,1-3H3/t15-,16+/m1/s1. The molecule has 106 valence electrons. The van der Waals surface area contributed by atoms with Crippen molar-refractivity contribution in [3.63, 3.8) is 0 Å². The predicted molar refractivity (Wildman–Crippen MR) is 77.1 cm³/mol. The lowest BCUT2D eigenvalue weighted by Gasteiger charge is -2.50. The summed E-state index contributed by atoms with van der Waals surface area (Å²) in [6, 6.07) is 7.10. The summed E-state index contributed by atoms with van der Waals surface area (Å²) in [4.78, 5) is 2.14. The van der Waals surface area contributed by atoms with Crippen molar-refractivity contribution in [3.8, 4) is 5.75 Å². The Hall–Kier alpha value is -1.06. The van der Waals surface area contributed by atoms with Crippen molar-refractivity contribution in [2.75, 3.05) is 20.6 Å². The summed E-state index contributed by atoms with van der Waals surface area (Å²) in [5, 5.41) is 21.0. The number of nitrogens with zero attached hydrogens (tertiary/aromatic N) is 1. The monoisotopic (exact) mass is 263 g/mol. The molecule has 3 heteroatoms. The van der Waals surface area contributed by atoms with Gasteiger partial charge in [0.25, 0.3) is 0 Å². The van der Waals surface area contributed by atoms with E-state index in [1.165, 1.54) is 0 Å². The second-order valence-electron chi connectivity index (χ2n) is 6.42. The van der Waals surface area contributed by atoms with E-state index < -0.39 is 5.60 Å². The molecule has 0 spiro atoms. The van der Waals surface area contributed by atoms with Gasteiger partial charge in [0.1, 0.15) is 5.75 Å². The Bertz CT molecular complexity index is 446. The average molecular weight is 263 g/mol. The minimum absolute atomic E-state index is 0.178. The van der Waals surface area contributed by atoms with Crippen LogP contribution < -0.4 is 0 Å². The van der Waals surface area contributed by atoms with Gasteiger partial charge in [0.15, 0.2) is 0 Å². The van der Waals surface area contributed by atoms with Crippen molar-refractivity contribution in [2.24, 2.45) is 5.41 Å². The van der Waals surface area contributed by atoms with Crippen molar-refractivity contribution >= 4 is 0 Å². The van der Waals surface area contributed by atoms with Crippen LogP contribution in [0.1, 0.15) is 38.2 Å². The Morgan fingerprint density at radius 2 is 1.89 bits per heavy atom. The van der Waals surface area contributed by atoms with E-state index in [0.717, 1.165) is 37.8 Å². The van der Waals surface area contributed by atoms with Gasteiger partial charge >= 0.3 is 0 Å². The number of hydrogen-bond acceptors (Lipinski definition) is 3. The third-order valence-electron chi connectivity index (χ3n) is 4.50. The SMILES string of the molecule is CN(C)C[C@@]1(C)CCCC[C@]1(O)c1cccc(O)c1. The number of hydrogen-bond donors (Lipinski definition) is 2. The molecule has 2 N–H and O–H groups in total. The van der Waals surface area contributed by atoms with Gasteiger partial charge in [0.05, 0.1) is 5.60 Å². The fourth-order valence-electron chi connectivity index (χ4n) is 3.57. The van der Waals surface area contributed by atoms with Crippen LogP contribution in [-0.4, -0.2) is 35.8 Å². The van der Waals surface area contributed by atoms with Crippen LogP contribution in [0.25, 0.3) is 0 Å². The van der Waals surface area contributed by atoms with Gasteiger partial charge in [-0.3, -0.25) is 0 Å². The molecule has 2 rings (SSSR count). The Morgan fingerprint density at radius 3 is 2.53 bits per heavy atom. The molecule has 0 heterocycles. The summed E-state index contributed by atoms with van der Waals surface area (Å²) in [6.07, 6.45) is 3.97. The van der Waals surface area contributed by atoms with Gasteiger partial charge in [-0.25, -0.2) is 0 Å². The van der Waals surface area contributed by atoms with Gasteiger partial charge in [-0.05, 0) is 44.6 Å². The van der Waals surface area contributed by atoms with Crippen molar-refractivity contribution in [2.45, 2.75) is 38.2 Å². The summed E-state index contributed by atoms with van der Waals surface area (Å²) in [5.74, 6) is 0.226. The fourth-order valence-corrected chi connectivity index (χ4v) is 3.57. The molecule has 19 heavy (non-hydrogen) atoms. The summed E-state index contributed by atoms with van der Waals surface area (Å²) in [5.41, 5.74) is -0.187. The molecule has 0 radical (unpaired) electrons. The molecular formula is C16H25NO2. The minimum Gasteiger partial charge on any atom is -0.508 e. The molecule has 0 bridgehead atoms. The highest BCUT2D eigenvalue weighted by molar-refractivity contribution is 5.33. The maximum Gasteiger partial charge on any atom is 0.115 e. The Balaban J connectivity index is 2.41. The first-order chi connectivity index (χ1) is 8.87. The number of benzene rings is 1. The number of aliphatic hydroxyl groups is 1. The smallest absolute Gasteiger partial charge is 0.115 e. The number of aromatic hydroxyl groups is 1. The highest BCUT2D eigenvalue weighted by atomic mass is 16.3. The van der Waals surface area contributed by atoms with E-state index in [4.69, 9.17) is 0 Å². The topological polar surface area (TPSA) is 43.7 Å². The zero-order chi connectivity index (χ0) is 14.1. The molecule has 1 fully saturated rings. The lowest BCUT2D eigenvalue weighted by Crippen LogP contribution is -2.51. The molecule has 2 atom stereocenters. The van der Waals surface area contributed by atoms with E-state index in [0.29, 0.717) is 0 Å². The van der Waals surface area contributed by atoms with Crippen LogP contribution in [-0.2, 0) is 5.60 Å². The molecule has 0 aromatic heterocycles. The normalized spacial score (nSPS) is 31.6. The fraction of sp³-hybridized carbons (Fsp3) is 0.625. The number of phenolic OH excluding ortho intramolecular Hbond substituents is 1. The zero-order valence-electron chi connectivity index (χ0n) is 12.2. The molecule has 0 saturated heterocycles. The summed E-state index contributed by atoms with van der Waals surface area (Å²) >= 11 is 0. The van der Waals surface area contributed by atoms with Gasteiger partial charge < -0.3 is 15.1 Å². The van der Waals surface area contributed by atoms with Gasteiger partial charge in [0.2, 0.25) is 0 Å². The molecule has 3 nitrogen and oxygen atoms in total. The third-order valence-corrected chi connectivity index (χ3v) is 4.50. The van der Waals surface area contributed by atoms with Gasteiger partial charge in [-0.2, -0.15) is 0 Å². The van der Waals surface area contributed by atoms with E-state index in [-0.39, 0.29) is 11.2 Å². The number of phenols is 1. The summed E-state index contributed by atoms with van der Waals surface area (Å²) in [6.45, 7) is 3.01. The zero-order valence-corrected chi connectivity index (χ0v) is 12.2. The lowest BCUT2D eigenvalue weighted by molar-refractivity contribution is -0.121. The first kappa shape index (κ1) is 14.4. The molecular weight excluding hydrogens is 238 g/mol. The van der Waals surface area contributed by atoms with E-state index in [2.05, 4.69) is 11.8 Å². The third kappa shape index (κ3) is 2.63. The quantitative estimate of drug-likeness (QED) is 0.881. The largest absolute Gasteiger partial charge is 0.508 e. The first-order valence-corrected chi connectivity index (χ1v) is 7.04. The molecule has 1 saturated carbocycles. The maximum absolute atomic E-state index is 11.3. The Morgan fingerprint density at radius 1 is 1.21 bits per heavy atom. The molecule has 1 aromatic carbocycles. The Kier molecular flexibility index (Phi) is 3.88. The van der Waals surface area contributed by atoms with Crippen LogP contribution in [0.3, 0.4) is 0 Å². The second-order valence-corrected chi connectivity index (χ2v) is 6.42. The predicted octanol–water partition coefficient (Wildman–Crippen LogP) is 2.72. The summed E-state index contributed by atoms with van der Waals surface area (Å²) in [7, 11) is 4.09. The molecule has 1 aliphatic carbocycles. The van der Waals surface area contributed by atoms with E-state index >= 15 is 0 Å². The number of rotatable bonds is 3. The highest BCUT2D eigenvalue weighted by Crippen LogP contribution is 2.51. The first-order valence-electron chi connectivity index (χ1n) is 7.04. The van der Waals surface area contributed by atoms with Crippen LogP contribution in [0.4, 0.5) is 0 Å². The van der Waals surface area contributed by atoms with Crippen LogP contribution in [0.15, 0.2) is 24.3 Å². The molecule has 0 aliphatic heterocycles. The van der Waals surface area contributed by atoms with Crippen molar-refractivity contribution < 1.29 is 10.2 Å². The average Bonchev–Trinajstić information content (AvgIpc) is 2.32. The molecule has 1 aliphatic rings. The molecule has 0 amide bonds. The summed E-state index contributed by atoms with van der Waals surface area (Å²) < 4.78 is 0.